The van der Waals surface area contributed by atoms with Crippen molar-refractivity contribution in [1.29, 1.82) is 0 Å². The fraction of sp³-hybridized carbons (Fsp3) is 0.429. The molecule has 0 spiro atoms. The molecule has 0 fully saturated rings. The number of rotatable bonds is 8. The van der Waals surface area contributed by atoms with E-state index >= 15 is 0 Å². The van der Waals surface area contributed by atoms with Gasteiger partial charge in [-0.1, -0.05) is 18.6 Å². The third-order valence-electron chi connectivity index (χ3n) is 2.77. The number of carbonyl (C=O) groups is 2. The van der Waals surface area contributed by atoms with Gasteiger partial charge in [-0.15, -0.1) is 0 Å². The standard InChI is InChI=1S/C14H18O4/c1-18-12-9-7-11(8-10-12)5-3-2-4-6-13(15)14(16)17/h7-10H,2-6H2,1H3,(H,16,17). The number of unbranched alkanes of at least 4 members (excludes halogenated alkanes) is 2. The van der Waals surface area contributed by atoms with Gasteiger partial charge in [-0.2, -0.15) is 0 Å². The summed E-state index contributed by atoms with van der Waals surface area (Å²) in [6.07, 6.45) is 3.54. The molecule has 18 heavy (non-hydrogen) atoms. The van der Waals surface area contributed by atoms with Crippen molar-refractivity contribution < 1.29 is 19.4 Å². The smallest absolute Gasteiger partial charge is 0.372 e. The predicted octanol–water partition coefficient (Wildman–Crippen LogP) is 2.45. The summed E-state index contributed by atoms with van der Waals surface area (Å²) in [5, 5.41) is 8.40. The highest BCUT2D eigenvalue weighted by Crippen LogP contribution is 2.13. The molecular weight excluding hydrogens is 232 g/mol. The second kappa shape index (κ2) is 7.48. The Balaban J connectivity index is 2.17. The molecule has 0 amide bonds. The van der Waals surface area contributed by atoms with Crippen molar-refractivity contribution in [1.82, 2.24) is 0 Å². The number of benzene rings is 1. The van der Waals surface area contributed by atoms with Crippen LogP contribution in [0.4, 0.5) is 0 Å². The zero-order valence-corrected chi connectivity index (χ0v) is 10.5. The minimum Gasteiger partial charge on any atom is -0.497 e. The average molecular weight is 250 g/mol. The molecule has 1 aromatic rings. The maximum absolute atomic E-state index is 10.8. The molecule has 0 saturated heterocycles. The van der Waals surface area contributed by atoms with Crippen LogP contribution in [0.2, 0.25) is 0 Å². The lowest BCUT2D eigenvalue weighted by molar-refractivity contribution is -0.149. The van der Waals surface area contributed by atoms with Gasteiger partial charge in [-0.3, -0.25) is 4.79 Å². The van der Waals surface area contributed by atoms with Crippen LogP contribution in [-0.2, 0) is 16.0 Å². The largest absolute Gasteiger partial charge is 0.497 e. The van der Waals surface area contributed by atoms with Crippen molar-refractivity contribution in [3.8, 4) is 5.75 Å². The molecule has 1 N–H and O–H groups in total. The summed E-state index contributed by atoms with van der Waals surface area (Å²) in [6.45, 7) is 0. The van der Waals surface area contributed by atoms with Gasteiger partial charge in [0, 0.05) is 6.42 Å². The third-order valence-corrected chi connectivity index (χ3v) is 2.77. The molecular formula is C14H18O4. The van der Waals surface area contributed by atoms with Crippen molar-refractivity contribution in [3.63, 3.8) is 0 Å². The van der Waals surface area contributed by atoms with Crippen LogP contribution in [0.15, 0.2) is 24.3 Å². The molecule has 1 aromatic carbocycles. The van der Waals surface area contributed by atoms with Crippen LogP contribution in [0.5, 0.6) is 5.75 Å². The zero-order valence-electron chi connectivity index (χ0n) is 10.5. The van der Waals surface area contributed by atoms with Crippen LogP contribution in [0.1, 0.15) is 31.2 Å². The van der Waals surface area contributed by atoms with Gasteiger partial charge in [0.1, 0.15) is 5.75 Å². The first-order valence-corrected chi connectivity index (χ1v) is 6.02. The molecule has 0 bridgehead atoms. The Kier molecular flexibility index (Phi) is 5.91. The van der Waals surface area contributed by atoms with Gasteiger partial charge in [0.05, 0.1) is 7.11 Å². The monoisotopic (exact) mass is 250 g/mol. The number of methoxy groups -OCH3 is 1. The first kappa shape index (κ1) is 14.2. The molecule has 0 saturated carbocycles. The van der Waals surface area contributed by atoms with E-state index in [0.29, 0.717) is 6.42 Å². The summed E-state index contributed by atoms with van der Waals surface area (Å²) in [4.78, 5) is 21.1. The average Bonchev–Trinajstić information content (AvgIpc) is 2.38. The number of carbonyl (C=O) groups excluding carboxylic acids is 1. The van der Waals surface area contributed by atoms with Crippen LogP contribution in [-0.4, -0.2) is 24.0 Å². The van der Waals surface area contributed by atoms with E-state index in [9.17, 15) is 9.59 Å². The van der Waals surface area contributed by atoms with Crippen LogP contribution < -0.4 is 4.74 Å². The van der Waals surface area contributed by atoms with E-state index in [2.05, 4.69) is 0 Å². The first-order chi connectivity index (χ1) is 8.63. The molecule has 0 aliphatic carbocycles. The molecule has 0 aromatic heterocycles. The fourth-order valence-corrected chi connectivity index (χ4v) is 1.69. The summed E-state index contributed by atoms with van der Waals surface area (Å²) < 4.78 is 5.07. The summed E-state index contributed by atoms with van der Waals surface area (Å²) in [5.41, 5.74) is 1.22. The van der Waals surface area contributed by atoms with Crippen molar-refractivity contribution in [2.24, 2.45) is 0 Å². The van der Waals surface area contributed by atoms with Crippen LogP contribution in [0.3, 0.4) is 0 Å². The molecule has 0 unspecified atom stereocenters. The van der Waals surface area contributed by atoms with Gasteiger partial charge >= 0.3 is 5.97 Å². The fourth-order valence-electron chi connectivity index (χ4n) is 1.69. The number of hydrogen-bond donors (Lipinski definition) is 1. The number of ether oxygens (including phenoxy) is 1. The van der Waals surface area contributed by atoms with E-state index in [4.69, 9.17) is 9.84 Å². The molecule has 4 heteroatoms. The minimum absolute atomic E-state index is 0.137. The van der Waals surface area contributed by atoms with E-state index in [-0.39, 0.29) is 6.42 Å². The number of carboxylic acids is 1. The molecule has 0 heterocycles. The van der Waals surface area contributed by atoms with Gasteiger partial charge in [-0.25, -0.2) is 4.79 Å². The molecule has 0 aliphatic rings. The van der Waals surface area contributed by atoms with Gasteiger partial charge in [0.25, 0.3) is 0 Å². The Hall–Kier alpha value is -1.84. The Bertz CT molecular complexity index is 395. The lowest BCUT2D eigenvalue weighted by Gasteiger charge is -2.03. The zero-order chi connectivity index (χ0) is 13.4. The first-order valence-electron chi connectivity index (χ1n) is 6.02. The van der Waals surface area contributed by atoms with E-state index in [1.54, 1.807) is 7.11 Å². The number of carboxylic acid groups (broad SMARTS) is 1. The quantitative estimate of drug-likeness (QED) is 0.568. The van der Waals surface area contributed by atoms with E-state index in [1.807, 2.05) is 24.3 Å². The summed E-state index contributed by atoms with van der Waals surface area (Å²) in [5.74, 6) is -1.18. The van der Waals surface area contributed by atoms with Gasteiger partial charge in [0.15, 0.2) is 0 Å². The van der Waals surface area contributed by atoms with Crippen LogP contribution in [0, 0.1) is 0 Å². The lowest BCUT2D eigenvalue weighted by atomic mass is 10.1. The van der Waals surface area contributed by atoms with E-state index < -0.39 is 11.8 Å². The molecule has 0 aliphatic heterocycles. The number of aryl methyl sites for hydroxylation is 1. The lowest BCUT2D eigenvalue weighted by Crippen LogP contribution is -2.11. The molecule has 1 rings (SSSR count). The number of ketones is 1. The van der Waals surface area contributed by atoms with Crippen molar-refractivity contribution in [3.05, 3.63) is 29.8 Å². The highest BCUT2D eigenvalue weighted by atomic mass is 16.5. The minimum atomic E-state index is -1.33. The number of hydrogen-bond acceptors (Lipinski definition) is 3. The van der Waals surface area contributed by atoms with Crippen LogP contribution >= 0.6 is 0 Å². The molecule has 0 atom stereocenters. The van der Waals surface area contributed by atoms with Gasteiger partial charge < -0.3 is 9.84 Å². The second-order valence-corrected chi connectivity index (χ2v) is 4.14. The predicted molar refractivity (Wildman–Crippen MR) is 67.8 cm³/mol. The van der Waals surface area contributed by atoms with Crippen LogP contribution in [0.25, 0.3) is 0 Å². The molecule has 0 radical (unpaired) electrons. The Labute approximate surface area is 107 Å². The van der Waals surface area contributed by atoms with Crippen molar-refractivity contribution in [2.75, 3.05) is 7.11 Å². The second-order valence-electron chi connectivity index (χ2n) is 4.14. The third kappa shape index (κ3) is 4.99. The summed E-state index contributed by atoms with van der Waals surface area (Å²) in [7, 11) is 1.63. The summed E-state index contributed by atoms with van der Waals surface area (Å²) in [6, 6.07) is 7.87. The molecule has 98 valence electrons. The highest BCUT2D eigenvalue weighted by Gasteiger charge is 2.09. The number of Topliss-reactive ketones (excluding diaryl/α,β-unsaturated/α-hetero) is 1. The maximum Gasteiger partial charge on any atom is 0.372 e. The van der Waals surface area contributed by atoms with Crippen molar-refractivity contribution >= 4 is 11.8 Å². The maximum atomic E-state index is 10.8. The normalized spacial score (nSPS) is 10.1. The van der Waals surface area contributed by atoms with Crippen molar-refractivity contribution in [2.45, 2.75) is 32.1 Å². The Morgan fingerprint density at radius 1 is 1.11 bits per heavy atom. The van der Waals surface area contributed by atoms with Gasteiger partial charge in [-0.05, 0) is 37.0 Å². The Morgan fingerprint density at radius 3 is 2.33 bits per heavy atom. The number of aliphatic carboxylic acids is 1. The van der Waals surface area contributed by atoms with E-state index in [1.165, 1.54) is 5.56 Å². The van der Waals surface area contributed by atoms with Gasteiger partial charge in [0.2, 0.25) is 5.78 Å². The summed E-state index contributed by atoms with van der Waals surface area (Å²) >= 11 is 0. The van der Waals surface area contributed by atoms with E-state index in [0.717, 1.165) is 25.0 Å². The Morgan fingerprint density at radius 2 is 1.78 bits per heavy atom. The SMILES string of the molecule is COc1ccc(CCCCCC(=O)C(=O)O)cc1. The highest BCUT2D eigenvalue weighted by molar-refractivity contribution is 6.32. The molecule has 4 nitrogen and oxygen atoms in total. The topological polar surface area (TPSA) is 63.6 Å².